The fraction of sp³-hybridized carbons (Fsp3) is 0.222. The highest BCUT2D eigenvalue weighted by molar-refractivity contribution is 9.10. The molecule has 154 valence electrons. The van der Waals surface area contributed by atoms with Gasteiger partial charge in [0.2, 0.25) is 0 Å². The van der Waals surface area contributed by atoms with E-state index < -0.39 is 5.51 Å². The minimum Gasteiger partial charge on any atom is -0.371 e. The molecule has 11 heteroatoms. The molecular formula is C18H15BrF3N3OS3. The van der Waals surface area contributed by atoms with Crippen molar-refractivity contribution >= 4 is 78.3 Å². The summed E-state index contributed by atoms with van der Waals surface area (Å²) in [4.78, 5) is 18.3. The Morgan fingerprint density at radius 1 is 1.31 bits per heavy atom. The van der Waals surface area contributed by atoms with Gasteiger partial charge in [0.25, 0.3) is 5.91 Å². The van der Waals surface area contributed by atoms with Crippen molar-refractivity contribution < 1.29 is 18.0 Å². The maximum absolute atomic E-state index is 13.0. The number of aromatic nitrogens is 1. The Hall–Kier alpha value is -1.43. The van der Waals surface area contributed by atoms with Gasteiger partial charge in [-0.2, -0.15) is 13.2 Å². The Kier molecular flexibility index (Phi) is 7.02. The van der Waals surface area contributed by atoms with Gasteiger partial charge in [-0.25, -0.2) is 4.98 Å². The number of benzene rings is 1. The fourth-order valence-electron chi connectivity index (χ4n) is 2.59. The second kappa shape index (κ2) is 9.15. The Labute approximate surface area is 186 Å². The van der Waals surface area contributed by atoms with Crippen molar-refractivity contribution in [3.63, 3.8) is 0 Å². The molecule has 0 unspecified atom stereocenters. The van der Waals surface area contributed by atoms with E-state index >= 15 is 0 Å². The topological polar surface area (TPSA) is 54.0 Å². The van der Waals surface area contributed by atoms with Crippen molar-refractivity contribution in [3.8, 4) is 0 Å². The minimum absolute atomic E-state index is 0.102. The number of amides is 1. The van der Waals surface area contributed by atoms with Crippen molar-refractivity contribution in [1.29, 1.82) is 0 Å². The molecule has 1 amide bonds. The Morgan fingerprint density at radius 2 is 2.07 bits per heavy atom. The molecule has 0 aliphatic carbocycles. The standard InChI is InChI=1S/C18H15BrF3N3OS3/c1-3-27-14-11-5-4-9(19)6-13(11)28-15(14)17(26)25-12-7-10(29-18(20,21)22)8-24-16(12)23-2/h4-8H,3H2,1-2H3,(H,23,24)(H,25,26). The number of halogens is 4. The molecule has 0 fully saturated rings. The molecule has 0 spiro atoms. The van der Waals surface area contributed by atoms with Crippen LogP contribution < -0.4 is 10.6 Å². The number of hydrogen-bond acceptors (Lipinski definition) is 6. The number of fused-ring (bicyclic) bond motifs is 1. The smallest absolute Gasteiger partial charge is 0.371 e. The molecule has 0 atom stereocenters. The second-order valence-electron chi connectivity index (χ2n) is 5.65. The molecule has 0 aliphatic heterocycles. The summed E-state index contributed by atoms with van der Waals surface area (Å²) in [7, 11) is 1.59. The predicted molar refractivity (Wildman–Crippen MR) is 120 cm³/mol. The number of carbonyl (C=O) groups is 1. The summed E-state index contributed by atoms with van der Waals surface area (Å²) < 4.78 is 40.0. The molecule has 0 aliphatic rings. The Morgan fingerprint density at radius 3 is 2.72 bits per heavy atom. The number of thiophene rings is 1. The van der Waals surface area contributed by atoms with Gasteiger partial charge >= 0.3 is 5.51 Å². The summed E-state index contributed by atoms with van der Waals surface area (Å²) in [6.07, 6.45) is 1.12. The van der Waals surface area contributed by atoms with Crippen LogP contribution in [0.15, 0.2) is 44.7 Å². The molecule has 4 nitrogen and oxygen atoms in total. The van der Waals surface area contributed by atoms with E-state index in [1.165, 1.54) is 17.4 Å². The lowest BCUT2D eigenvalue weighted by Gasteiger charge is -2.12. The summed E-state index contributed by atoms with van der Waals surface area (Å²) >= 11 is 6.06. The number of nitrogens with one attached hydrogen (secondary N) is 2. The molecule has 2 aromatic heterocycles. The van der Waals surface area contributed by atoms with Gasteiger partial charge in [0.15, 0.2) is 0 Å². The third kappa shape index (κ3) is 5.39. The zero-order valence-electron chi connectivity index (χ0n) is 15.2. The van der Waals surface area contributed by atoms with E-state index in [0.717, 1.165) is 31.4 Å². The van der Waals surface area contributed by atoms with Gasteiger partial charge in [-0.1, -0.05) is 28.9 Å². The average molecular weight is 522 g/mol. The number of carbonyl (C=O) groups excluding carboxylic acids is 1. The number of hydrogen-bond donors (Lipinski definition) is 2. The normalized spacial score (nSPS) is 11.7. The Balaban J connectivity index is 1.97. The van der Waals surface area contributed by atoms with Crippen LogP contribution in [0.4, 0.5) is 24.7 Å². The lowest BCUT2D eigenvalue weighted by Crippen LogP contribution is -2.13. The summed E-state index contributed by atoms with van der Waals surface area (Å²) in [6.45, 7) is 2.00. The third-order valence-electron chi connectivity index (χ3n) is 3.68. The van der Waals surface area contributed by atoms with Gasteiger partial charge in [0, 0.05) is 37.6 Å². The molecule has 0 radical (unpaired) electrons. The zero-order chi connectivity index (χ0) is 21.2. The number of nitrogens with zero attached hydrogens (tertiary/aromatic N) is 1. The zero-order valence-corrected chi connectivity index (χ0v) is 19.2. The first-order valence-electron chi connectivity index (χ1n) is 8.31. The van der Waals surface area contributed by atoms with Crippen molar-refractivity contribution in [3.05, 3.63) is 39.8 Å². The van der Waals surface area contributed by atoms with E-state index in [-0.39, 0.29) is 28.3 Å². The average Bonchev–Trinajstić information content (AvgIpc) is 2.99. The van der Waals surface area contributed by atoms with Crippen LogP contribution in [0.2, 0.25) is 0 Å². The monoisotopic (exact) mass is 521 g/mol. The molecule has 29 heavy (non-hydrogen) atoms. The quantitative estimate of drug-likeness (QED) is 0.339. The van der Waals surface area contributed by atoms with E-state index in [4.69, 9.17) is 0 Å². The van der Waals surface area contributed by atoms with Crippen LogP contribution in [0.3, 0.4) is 0 Å². The van der Waals surface area contributed by atoms with Gasteiger partial charge in [0.1, 0.15) is 10.7 Å². The van der Waals surface area contributed by atoms with E-state index in [1.54, 1.807) is 18.8 Å². The van der Waals surface area contributed by atoms with Crippen LogP contribution in [0.25, 0.3) is 10.1 Å². The summed E-state index contributed by atoms with van der Waals surface area (Å²) in [5, 5.41) is 6.49. The fourth-order valence-corrected chi connectivity index (χ4v) is 5.90. The van der Waals surface area contributed by atoms with Crippen LogP contribution in [0.5, 0.6) is 0 Å². The molecular weight excluding hydrogens is 507 g/mol. The molecule has 0 saturated heterocycles. The summed E-state index contributed by atoms with van der Waals surface area (Å²) in [5.41, 5.74) is -4.24. The number of rotatable bonds is 6. The molecule has 1 aromatic carbocycles. The molecule has 3 aromatic rings. The first-order chi connectivity index (χ1) is 13.7. The van der Waals surface area contributed by atoms with Gasteiger partial charge in [-0.3, -0.25) is 4.79 Å². The number of pyridine rings is 1. The van der Waals surface area contributed by atoms with Crippen LogP contribution in [0.1, 0.15) is 16.6 Å². The Bertz CT molecular complexity index is 1060. The van der Waals surface area contributed by atoms with Crippen LogP contribution in [0, 0.1) is 0 Å². The molecule has 0 bridgehead atoms. The van der Waals surface area contributed by atoms with Crippen molar-refractivity contribution in [1.82, 2.24) is 4.98 Å². The first-order valence-corrected chi connectivity index (χ1v) is 11.7. The minimum atomic E-state index is -4.44. The molecule has 2 heterocycles. The van der Waals surface area contributed by atoms with Gasteiger partial charge in [0.05, 0.1) is 5.69 Å². The van der Waals surface area contributed by atoms with E-state index in [0.29, 0.717) is 10.7 Å². The van der Waals surface area contributed by atoms with E-state index in [2.05, 4.69) is 31.5 Å². The number of anilines is 2. The lowest BCUT2D eigenvalue weighted by molar-refractivity contribution is -0.0328. The van der Waals surface area contributed by atoms with Gasteiger partial charge in [-0.15, -0.1) is 23.1 Å². The third-order valence-corrected chi connectivity index (χ3v) is 7.15. The predicted octanol–water partition coefficient (Wildman–Crippen LogP) is 7.08. The number of alkyl halides is 3. The van der Waals surface area contributed by atoms with Crippen LogP contribution in [-0.4, -0.2) is 29.2 Å². The highest BCUT2D eigenvalue weighted by atomic mass is 79.9. The van der Waals surface area contributed by atoms with Crippen LogP contribution >= 0.6 is 50.8 Å². The van der Waals surface area contributed by atoms with Crippen LogP contribution in [-0.2, 0) is 0 Å². The largest absolute Gasteiger partial charge is 0.446 e. The number of thioether (sulfide) groups is 2. The van der Waals surface area contributed by atoms with Crippen molar-refractivity contribution in [2.75, 3.05) is 23.4 Å². The molecule has 2 N–H and O–H groups in total. The van der Waals surface area contributed by atoms with Crippen molar-refractivity contribution in [2.24, 2.45) is 0 Å². The van der Waals surface area contributed by atoms with Crippen molar-refractivity contribution in [2.45, 2.75) is 22.2 Å². The highest BCUT2D eigenvalue weighted by Crippen LogP contribution is 2.41. The SMILES string of the molecule is CCSc1c(C(=O)Nc2cc(SC(F)(F)F)cnc2NC)sc2cc(Br)ccc12. The first kappa shape index (κ1) is 22.3. The van der Waals surface area contributed by atoms with E-state index in [1.807, 2.05) is 25.1 Å². The van der Waals surface area contributed by atoms with E-state index in [9.17, 15) is 18.0 Å². The molecule has 3 rings (SSSR count). The van der Waals surface area contributed by atoms with Gasteiger partial charge < -0.3 is 10.6 Å². The van der Waals surface area contributed by atoms with Gasteiger partial charge in [-0.05, 0) is 35.7 Å². The lowest BCUT2D eigenvalue weighted by atomic mass is 10.2. The maximum Gasteiger partial charge on any atom is 0.446 e. The summed E-state index contributed by atoms with van der Waals surface area (Å²) in [5.74, 6) is 0.688. The molecule has 0 saturated carbocycles. The highest BCUT2D eigenvalue weighted by Gasteiger charge is 2.30. The second-order valence-corrected chi connectivity index (χ2v) is 10.0. The maximum atomic E-state index is 13.0. The summed E-state index contributed by atoms with van der Waals surface area (Å²) in [6, 6.07) is 7.08.